The fraction of sp³-hybridized carbons (Fsp3) is 0.818. The van der Waals surface area contributed by atoms with E-state index in [0.29, 0.717) is 18.8 Å². The van der Waals surface area contributed by atoms with Crippen LogP contribution in [0, 0.1) is 5.92 Å². The van der Waals surface area contributed by atoms with Crippen molar-refractivity contribution in [3.63, 3.8) is 0 Å². The van der Waals surface area contributed by atoms with E-state index >= 15 is 0 Å². The maximum atomic E-state index is 11.6. The van der Waals surface area contributed by atoms with Crippen LogP contribution in [-0.4, -0.2) is 36.3 Å². The van der Waals surface area contributed by atoms with E-state index in [1.54, 1.807) is 11.8 Å². The molecule has 1 unspecified atom stereocenters. The average molecular weight is 246 g/mol. The van der Waals surface area contributed by atoms with E-state index in [-0.39, 0.29) is 5.91 Å². The van der Waals surface area contributed by atoms with Gasteiger partial charge in [-0.2, -0.15) is 11.8 Å². The molecule has 0 saturated heterocycles. The molecule has 94 valence electrons. The van der Waals surface area contributed by atoms with Gasteiger partial charge >= 0.3 is 0 Å². The summed E-state index contributed by atoms with van der Waals surface area (Å²) in [6.45, 7) is 4.02. The van der Waals surface area contributed by atoms with Crippen molar-refractivity contribution in [1.82, 2.24) is 5.32 Å². The molecule has 3 N–H and O–H groups in total. The van der Waals surface area contributed by atoms with Crippen LogP contribution < -0.4 is 11.1 Å². The lowest BCUT2D eigenvalue weighted by Crippen LogP contribution is -2.46. The molecule has 0 aromatic heterocycles. The Morgan fingerprint density at radius 3 is 2.56 bits per heavy atom. The number of amides is 1. The highest BCUT2D eigenvalue weighted by Gasteiger charge is 2.18. The summed E-state index contributed by atoms with van der Waals surface area (Å²) in [5.74, 6) is 0.997. The molecule has 1 amide bonds. The highest BCUT2D eigenvalue weighted by Crippen LogP contribution is 2.04. The molecule has 0 heterocycles. The molecule has 5 heteroatoms. The SMILES string of the molecule is CSCCC(C=O)NC(=O)[C@@H](N)CC(C)C. The highest BCUT2D eigenvalue weighted by atomic mass is 32.2. The van der Waals surface area contributed by atoms with Gasteiger partial charge in [-0.15, -0.1) is 0 Å². The van der Waals surface area contributed by atoms with Crippen molar-refractivity contribution in [1.29, 1.82) is 0 Å². The molecule has 4 nitrogen and oxygen atoms in total. The third-order valence-electron chi connectivity index (χ3n) is 2.19. The van der Waals surface area contributed by atoms with Gasteiger partial charge in [0.15, 0.2) is 0 Å². The average Bonchev–Trinajstić information content (AvgIpc) is 2.22. The molecular formula is C11H22N2O2S. The number of carbonyl (C=O) groups excluding carboxylic acids is 2. The van der Waals surface area contributed by atoms with Crippen molar-refractivity contribution in [2.24, 2.45) is 11.7 Å². The Hall–Kier alpha value is -0.550. The Morgan fingerprint density at radius 2 is 2.12 bits per heavy atom. The lowest BCUT2D eigenvalue weighted by atomic mass is 10.0. The summed E-state index contributed by atoms with van der Waals surface area (Å²) in [6, 6.07) is -0.921. The standard InChI is InChI=1S/C11H22N2O2S/c1-8(2)6-10(12)11(15)13-9(7-14)4-5-16-3/h7-10H,4-6,12H2,1-3H3,(H,13,15)/t9?,10-/m0/s1. The van der Waals surface area contributed by atoms with Gasteiger partial charge < -0.3 is 15.8 Å². The largest absolute Gasteiger partial charge is 0.345 e. The summed E-state index contributed by atoms with van der Waals surface area (Å²) < 4.78 is 0. The second-order valence-electron chi connectivity index (χ2n) is 4.27. The minimum Gasteiger partial charge on any atom is -0.345 e. The fourth-order valence-electron chi connectivity index (χ4n) is 1.32. The summed E-state index contributed by atoms with van der Waals surface area (Å²) in [6.07, 6.45) is 4.04. The van der Waals surface area contributed by atoms with Crippen LogP contribution in [0.2, 0.25) is 0 Å². The minimum absolute atomic E-state index is 0.230. The zero-order valence-electron chi connectivity index (χ0n) is 10.2. The quantitative estimate of drug-likeness (QED) is 0.621. The first-order chi connectivity index (χ1) is 7.51. The van der Waals surface area contributed by atoms with Crippen molar-refractivity contribution in [3.8, 4) is 0 Å². The monoisotopic (exact) mass is 246 g/mol. The second kappa shape index (κ2) is 8.58. The van der Waals surface area contributed by atoms with E-state index in [1.807, 2.05) is 20.1 Å². The van der Waals surface area contributed by atoms with Gasteiger partial charge in [0.05, 0.1) is 12.1 Å². The molecule has 16 heavy (non-hydrogen) atoms. The summed E-state index contributed by atoms with van der Waals surface area (Å²) in [4.78, 5) is 22.3. The van der Waals surface area contributed by atoms with E-state index in [4.69, 9.17) is 5.73 Å². The van der Waals surface area contributed by atoms with Crippen molar-refractivity contribution in [3.05, 3.63) is 0 Å². The van der Waals surface area contributed by atoms with Gasteiger partial charge in [-0.1, -0.05) is 13.8 Å². The molecular weight excluding hydrogens is 224 g/mol. The number of carbonyl (C=O) groups is 2. The third kappa shape index (κ3) is 6.85. The lowest BCUT2D eigenvalue weighted by molar-refractivity contribution is -0.125. The van der Waals surface area contributed by atoms with Gasteiger partial charge in [0.2, 0.25) is 5.91 Å². The Bertz CT molecular complexity index is 222. The molecule has 0 aliphatic rings. The third-order valence-corrected chi connectivity index (χ3v) is 2.83. The van der Waals surface area contributed by atoms with E-state index in [2.05, 4.69) is 5.32 Å². The van der Waals surface area contributed by atoms with Gasteiger partial charge in [0.25, 0.3) is 0 Å². The number of hydrogen-bond acceptors (Lipinski definition) is 4. The Kier molecular flexibility index (Phi) is 8.29. The van der Waals surface area contributed by atoms with Crippen LogP contribution in [0.5, 0.6) is 0 Å². The van der Waals surface area contributed by atoms with Crippen LogP contribution in [-0.2, 0) is 9.59 Å². The summed E-state index contributed by atoms with van der Waals surface area (Å²) in [7, 11) is 0. The predicted octanol–water partition coefficient (Wildman–Crippen LogP) is 0.797. The van der Waals surface area contributed by atoms with Gasteiger partial charge in [0, 0.05) is 0 Å². The zero-order valence-corrected chi connectivity index (χ0v) is 11.0. The van der Waals surface area contributed by atoms with Crippen molar-refractivity contribution in [2.45, 2.75) is 38.8 Å². The molecule has 0 aliphatic heterocycles. The molecule has 2 atom stereocenters. The first-order valence-corrected chi connectivity index (χ1v) is 6.90. The minimum atomic E-state index is -0.517. The first-order valence-electron chi connectivity index (χ1n) is 5.51. The molecule has 0 bridgehead atoms. The lowest BCUT2D eigenvalue weighted by Gasteiger charge is -2.17. The van der Waals surface area contributed by atoms with Crippen LogP contribution >= 0.6 is 11.8 Å². The molecule has 0 radical (unpaired) electrons. The summed E-state index contributed by atoms with van der Waals surface area (Å²) in [5, 5.41) is 2.66. The topological polar surface area (TPSA) is 72.2 Å². The van der Waals surface area contributed by atoms with Crippen LogP contribution in [0.15, 0.2) is 0 Å². The number of aldehydes is 1. The molecule has 0 aromatic rings. The molecule has 0 spiro atoms. The normalized spacial score (nSPS) is 14.6. The van der Waals surface area contributed by atoms with Crippen molar-refractivity contribution in [2.75, 3.05) is 12.0 Å². The van der Waals surface area contributed by atoms with Gasteiger partial charge in [-0.05, 0) is 30.8 Å². The molecule has 0 aromatic carbocycles. The van der Waals surface area contributed by atoms with Crippen LogP contribution in [0.25, 0.3) is 0 Å². The van der Waals surface area contributed by atoms with Gasteiger partial charge in [-0.25, -0.2) is 0 Å². The molecule has 0 saturated carbocycles. The van der Waals surface area contributed by atoms with Crippen LogP contribution in [0.3, 0.4) is 0 Å². The maximum Gasteiger partial charge on any atom is 0.237 e. The van der Waals surface area contributed by atoms with Gasteiger partial charge in [-0.3, -0.25) is 4.79 Å². The van der Waals surface area contributed by atoms with E-state index in [9.17, 15) is 9.59 Å². The number of thioether (sulfide) groups is 1. The first kappa shape index (κ1) is 15.4. The predicted molar refractivity (Wildman–Crippen MR) is 68.4 cm³/mol. The summed E-state index contributed by atoms with van der Waals surface area (Å²) in [5.41, 5.74) is 5.72. The Labute approximate surface area is 102 Å². The number of nitrogens with two attached hydrogens (primary N) is 1. The zero-order chi connectivity index (χ0) is 12.6. The van der Waals surface area contributed by atoms with Crippen molar-refractivity contribution >= 4 is 24.0 Å². The van der Waals surface area contributed by atoms with Crippen molar-refractivity contribution < 1.29 is 9.59 Å². The Balaban J connectivity index is 4.03. The molecule has 0 fully saturated rings. The summed E-state index contributed by atoms with van der Waals surface area (Å²) >= 11 is 1.65. The van der Waals surface area contributed by atoms with E-state index in [0.717, 1.165) is 12.0 Å². The van der Waals surface area contributed by atoms with E-state index in [1.165, 1.54) is 0 Å². The number of nitrogens with one attached hydrogen (secondary N) is 1. The maximum absolute atomic E-state index is 11.6. The number of hydrogen-bond donors (Lipinski definition) is 2. The highest BCUT2D eigenvalue weighted by molar-refractivity contribution is 7.98. The molecule has 0 aliphatic carbocycles. The van der Waals surface area contributed by atoms with E-state index < -0.39 is 12.1 Å². The van der Waals surface area contributed by atoms with Gasteiger partial charge in [0.1, 0.15) is 6.29 Å². The molecule has 0 rings (SSSR count). The Morgan fingerprint density at radius 1 is 1.50 bits per heavy atom. The number of rotatable bonds is 8. The van der Waals surface area contributed by atoms with Crippen LogP contribution in [0.1, 0.15) is 26.7 Å². The smallest absolute Gasteiger partial charge is 0.237 e. The second-order valence-corrected chi connectivity index (χ2v) is 5.25. The fourth-order valence-corrected chi connectivity index (χ4v) is 1.81. The van der Waals surface area contributed by atoms with Crippen LogP contribution in [0.4, 0.5) is 0 Å².